The van der Waals surface area contributed by atoms with Crippen molar-refractivity contribution in [1.82, 2.24) is 15.2 Å². The number of benzene rings is 2. The summed E-state index contributed by atoms with van der Waals surface area (Å²) in [5.41, 5.74) is 2.83. The van der Waals surface area contributed by atoms with Crippen molar-refractivity contribution >= 4 is 17.5 Å². The third-order valence-corrected chi connectivity index (χ3v) is 4.47. The van der Waals surface area contributed by atoms with Crippen LogP contribution in [0, 0.1) is 23.3 Å². The van der Waals surface area contributed by atoms with Crippen molar-refractivity contribution in [2.45, 2.75) is 33.9 Å². The normalized spacial score (nSPS) is 10.3. The number of allylic oxidation sites excluding steroid dienone is 1. The van der Waals surface area contributed by atoms with Crippen LogP contribution < -0.4 is 51.5 Å². The summed E-state index contributed by atoms with van der Waals surface area (Å²) in [7, 11) is 0. The zero-order valence-corrected chi connectivity index (χ0v) is 24.7. The predicted octanol–water partition coefficient (Wildman–Crippen LogP) is -0.980. The quantitative estimate of drug-likeness (QED) is 0.0442. The van der Waals surface area contributed by atoms with Crippen LogP contribution in [0.1, 0.15) is 42.4 Å². The average Bonchev–Trinajstić information content (AvgIpc) is 3.19. The summed E-state index contributed by atoms with van der Waals surface area (Å²) in [5, 5.41) is 13.2. The molecule has 0 spiro atoms. The number of aromatic nitrogens is 2. The molecule has 0 fully saturated rings. The Morgan fingerprint density at radius 2 is 1.44 bits per heavy atom. The van der Waals surface area contributed by atoms with Gasteiger partial charge < -0.3 is 9.84 Å². The van der Waals surface area contributed by atoms with Gasteiger partial charge in [-0.25, -0.2) is 27.0 Å². The van der Waals surface area contributed by atoms with E-state index in [1.165, 1.54) is 26.0 Å². The van der Waals surface area contributed by atoms with Gasteiger partial charge in [-0.3, -0.25) is 30.8 Å². The van der Waals surface area contributed by atoms with Gasteiger partial charge in [0.15, 0.2) is 11.6 Å². The second-order valence-electron chi connectivity index (χ2n) is 7.93. The van der Waals surface area contributed by atoms with Gasteiger partial charge in [0, 0.05) is 31.7 Å². The third kappa shape index (κ3) is 14.6. The van der Waals surface area contributed by atoms with Gasteiger partial charge in [0.05, 0.1) is 13.2 Å². The molecule has 0 amide bonds. The monoisotopic (exact) mass is 590 g/mol. The van der Waals surface area contributed by atoms with Gasteiger partial charge in [-0.05, 0) is 61.1 Å². The van der Waals surface area contributed by atoms with Crippen LogP contribution in [0.25, 0.3) is 0 Å². The smallest absolute Gasteiger partial charge is 0.868 e. The van der Waals surface area contributed by atoms with E-state index in [1.54, 1.807) is 6.92 Å². The number of hydrogen-bond donors (Lipinski definition) is 3. The molecule has 0 aliphatic carbocycles. The molecule has 41 heavy (non-hydrogen) atoms. The molecule has 1 heterocycles. The first-order valence-corrected chi connectivity index (χ1v) is 11.5. The number of hydrazine groups is 1. The van der Waals surface area contributed by atoms with E-state index >= 15 is 0 Å². The molecule has 0 atom stereocenters. The number of nitrogens with two attached hydrogens (primary N) is 1. The van der Waals surface area contributed by atoms with Crippen molar-refractivity contribution in [3.8, 4) is 0 Å². The molecule has 0 saturated heterocycles. The van der Waals surface area contributed by atoms with E-state index in [1.807, 2.05) is 0 Å². The van der Waals surface area contributed by atoms with E-state index in [2.05, 4.69) is 15.3 Å². The van der Waals surface area contributed by atoms with Crippen LogP contribution in [0.5, 0.6) is 0 Å². The maximum atomic E-state index is 13.0. The Kier molecular flexibility index (Phi) is 17.1. The number of nitrogens with one attached hydrogen (secondary N) is 2. The summed E-state index contributed by atoms with van der Waals surface area (Å²) in [6.07, 6.45) is 0.706. The Hall–Kier alpha value is -3.56. The molecule has 4 N–H and O–H groups in total. The molecular weight excluding hydrogens is 563 g/mol. The number of hydrogen-bond acceptors (Lipinski definition) is 8. The number of ether oxygens (including phenoxy) is 1. The Balaban J connectivity index is 0.000000610. The largest absolute Gasteiger partial charge is 1.00 e. The number of H-pyrrole nitrogens is 1. The van der Waals surface area contributed by atoms with E-state index in [4.69, 9.17) is 5.84 Å². The number of ketones is 2. The minimum atomic E-state index is -0.984. The minimum Gasteiger partial charge on any atom is -0.868 e. The predicted molar refractivity (Wildman–Crippen MR) is 133 cm³/mol. The van der Waals surface area contributed by atoms with E-state index < -0.39 is 46.3 Å². The van der Waals surface area contributed by atoms with Gasteiger partial charge in [0.1, 0.15) is 29.0 Å². The first-order chi connectivity index (χ1) is 18.7. The van der Waals surface area contributed by atoms with Crippen molar-refractivity contribution < 1.29 is 71.3 Å². The van der Waals surface area contributed by atoms with Crippen molar-refractivity contribution in [2.75, 3.05) is 6.61 Å². The average molecular weight is 591 g/mol. The first kappa shape index (κ1) is 37.4. The van der Waals surface area contributed by atoms with Crippen LogP contribution in [-0.4, -0.2) is 33.9 Å². The van der Waals surface area contributed by atoms with Crippen molar-refractivity contribution in [3.63, 3.8) is 0 Å². The Morgan fingerprint density at radius 3 is 1.83 bits per heavy atom. The van der Waals surface area contributed by atoms with E-state index in [0.717, 1.165) is 35.0 Å². The van der Waals surface area contributed by atoms with Gasteiger partial charge in [-0.15, -0.1) is 0 Å². The van der Waals surface area contributed by atoms with Gasteiger partial charge in [0.25, 0.3) is 5.56 Å². The molecule has 0 bridgehead atoms. The number of carbonyl (C=O) groups is 3. The molecule has 3 rings (SSSR count). The molecular formula is C26H27F4N4NaO6. The topological polar surface area (TPSA) is 159 Å². The second-order valence-corrected chi connectivity index (χ2v) is 7.93. The standard InChI is InChI=1S/C12H10F2N2O2.C7H8F2N2.C7H10O4.Na/c1-7(17)11-5-12(18)16(15-11)6-8-2-9(13)4-10(14)3-8;8-6-1-5(4-11-10)2-7(9)3-6;1-3-11-7(10)6(9)4-5(2)8;/h2-5,15H,6H2,1H3;1-3,11H,4,10H2;4,9H,3H2,1-2H3;/q;;;+1/p-1/b;;6-4-;. The molecule has 0 unspecified atom stereocenters. The molecule has 1 aromatic heterocycles. The van der Waals surface area contributed by atoms with Gasteiger partial charge >= 0.3 is 35.5 Å². The number of rotatable bonds is 8. The maximum absolute atomic E-state index is 13.0. The van der Waals surface area contributed by atoms with E-state index in [0.29, 0.717) is 17.2 Å². The van der Waals surface area contributed by atoms with Crippen LogP contribution in [0.15, 0.2) is 59.1 Å². The molecule has 216 valence electrons. The number of aromatic amines is 1. The second kappa shape index (κ2) is 18.7. The van der Waals surface area contributed by atoms with Gasteiger partial charge in [-0.1, -0.05) is 0 Å². The van der Waals surface area contributed by atoms with E-state index in [-0.39, 0.29) is 60.7 Å². The fraction of sp³-hybridized carbons (Fsp3) is 0.231. The molecule has 0 aliphatic heterocycles. The third-order valence-electron chi connectivity index (χ3n) is 4.47. The summed E-state index contributed by atoms with van der Waals surface area (Å²) in [6, 6.07) is 7.43. The van der Waals surface area contributed by atoms with Gasteiger partial charge in [-0.2, -0.15) is 0 Å². The van der Waals surface area contributed by atoms with Crippen molar-refractivity contribution in [3.05, 3.63) is 105 Å². The fourth-order valence-electron chi connectivity index (χ4n) is 2.89. The summed E-state index contributed by atoms with van der Waals surface area (Å²) < 4.78 is 56.3. The fourth-order valence-corrected chi connectivity index (χ4v) is 2.89. The molecule has 2 aromatic carbocycles. The zero-order valence-electron chi connectivity index (χ0n) is 22.7. The Labute approximate surface area is 254 Å². The minimum absolute atomic E-state index is 0. The summed E-state index contributed by atoms with van der Waals surface area (Å²) >= 11 is 0. The summed E-state index contributed by atoms with van der Waals surface area (Å²) in [6.45, 7) is 4.46. The summed E-state index contributed by atoms with van der Waals surface area (Å²) in [5.74, 6) is -0.257. The van der Waals surface area contributed by atoms with Crippen molar-refractivity contribution in [1.29, 1.82) is 0 Å². The number of nitrogens with zero attached hydrogens (tertiary/aromatic N) is 1. The molecule has 15 heteroatoms. The maximum Gasteiger partial charge on any atom is 1.00 e. The van der Waals surface area contributed by atoms with Crippen molar-refractivity contribution in [2.24, 2.45) is 5.84 Å². The molecule has 0 radical (unpaired) electrons. The number of Topliss-reactive ketones (excluding diaryl/α,β-unsaturated/α-hetero) is 1. The Morgan fingerprint density at radius 1 is 0.951 bits per heavy atom. The number of halogens is 4. The zero-order chi connectivity index (χ0) is 30.4. The van der Waals surface area contributed by atoms with Crippen LogP contribution in [-0.2, 0) is 27.4 Å². The molecule has 10 nitrogen and oxygen atoms in total. The number of carbonyl (C=O) groups excluding carboxylic acids is 3. The first-order valence-electron chi connectivity index (χ1n) is 11.5. The van der Waals surface area contributed by atoms with Crippen LogP contribution in [0.4, 0.5) is 17.6 Å². The molecule has 0 aliphatic rings. The Bertz CT molecular complexity index is 1380. The SMILES string of the molecule is CC(=O)c1cc(=O)n(Cc2cc(F)cc(F)c2)[nH]1.CCOC(=O)/C([O-])=C/C(C)=O.NNCc1cc(F)cc(F)c1.[Na+]. The van der Waals surface area contributed by atoms with Crippen LogP contribution in [0.3, 0.4) is 0 Å². The van der Waals surface area contributed by atoms with E-state index in [9.17, 15) is 41.8 Å². The van der Waals surface area contributed by atoms with Crippen LogP contribution in [0.2, 0.25) is 0 Å². The number of esters is 1. The molecule has 3 aromatic rings. The summed E-state index contributed by atoms with van der Waals surface area (Å²) in [4.78, 5) is 43.4. The van der Waals surface area contributed by atoms with Gasteiger partial charge in [0.2, 0.25) is 0 Å². The van der Waals surface area contributed by atoms with Crippen LogP contribution >= 0.6 is 0 Å². The molecule has 0 saturated carbocycles.